The lowest BCUT2D eigenvalue weighted by molar-refractivity contribution is -0.119. The Bertz CT molecular complexity index is 601. The Balaban J connectivity index is 1.58. The Hall–Kier alpha value is -1.75. The molecule has 0 bridgehead atoms. The number of nitrogens with one attached hydrogen (secondary N) is 1. The number of carbonyl (C=O) groups is 1. The van der Waals surface area contributed by atoms with Crippen LogP contribution in [0.3, 0.4) is 0 Å². The van der Waals surface area contributed by atoms with Gasteiger partial charge in [-0.3, -0.25) is 4.79 Å². The molecule has 0 spiro atoms. The van der Waals surface area contributed by atoms with Gasteiger partial charge in [0, 0.05) is 37.8 Å². The van der Waals surface area contributed by atoms with E-state index in [1.165, 1.54) is 31.4 Å². The SMILES string of the molecule is O=C(Nc1cc(N2CCCC2)ccc1N1CCOCC1)C1CCCC1. The van der Waals surface area contributed by atoms with E-state index in [0.29, 0.717) is 0 Å². The first-order valence-electron chi connectivity index (χ1n) is 9.84. The molecule has 0 aromatic heterocycles. The van der Waals surface area contributed by atoms with Crippen LogP contribution in [0.2, 0.25) is 0 Å². The summed E-state index contributed by atoms with van der Waals surface area (Å²) in [4.78, 5) is 17.5. The summed E-state index contributed by atoms with van der Waals surface area (Å²) in [5, 5.41) is 3.27. The number of hydrogen-bond acceptors (Lipinski definition) is 4. The fraction of sp³-hybridized carbons (Fsp3) is 0.650. The van der Waals surface area contributed by atoms with Gasteiger partial charge in [-0.2, -0.15) is 0 Å². The van der Waals surface area contributed by atoms with Crippen molar-refractivity contribution in [1.29, 1.82) is 0 Å². The van der Waals surface area contributed by atoms with E-state index in [-0.39, 0.29) is 11.8 Å². The van der Waals surface area contributed by atoms with Gasteiger partial charge in [0.1, 0.15) is 0 Å². The Labute approximate surface area is 150 Å². The predicted octanol–water partition coefficient (Wildman–Crippen LogP) is 3.25. The molecular weight excluding hydrogens is 314 g/mol. The number of hydrogen-bond donors (Lipinski definition) is 1. The molecule has 5 nitrogen and oxygen atoms in total. The second kappa shape index (κ2) is 7.65. The molecule has 2 aliphatic heterocycles. The summed E-state index contributed by atoms with van der Waals surface area (Å²) in [5.41, 5.74) is 3.34. The monoisotopic (exact) mass is 343 g/mol. The fourth-order valence-corrected chi connectivity index (χ4v) is 4.30. The van der Waals surface area contributed by atoms with Gasteiger partial charge in [-0.05, 0) is 43.9 Å². The van der Waals surface area contributed by atoms with Crippen LogP contribution >= 0.6 is 0 Å². The van der Waals surface area contributed by atoms with Crippen molar-refractivity contribution in [2.24, 2.45) is 5.92 Å². The van der Waals surface area contributed by atoms with E-state index in [1.54, 1.807) is 0 Å². The van der Waals surface area contributed by atoms with Gasteiger partial charge in [-0.25, -0.2) is 0 Å². The number of amides is 1. The molecule has 1 aromatic rings. The summed E-state index contributed by atoms with van der Waals surface area (Å²) in [5.74, 6) is 0.388. The Kier molecular flexibility index (Phi) is 5.11. The molecule has 1 N–H and O–H groups in total. The Morgan fingerprint density at radius 2 is 1.68 bits per heavy atom. The maximum atomic E-state index is 12.7. The van der Waals surface area contributed by atoms with Crippen molar-refractivity contribution in [2.75, 3.05) is 54.5 Å². The molecule has 1 aromatic carbocycles. The average Bonchev–Trinajstić information content (AvgIpc) is 3.36. The minimum absolute atomic E-state index is 0.188. The summed E-state index contributed by atoms with van der Waals surface area (Å²) in [6.45, 7) is 5.51. The van der Waals surface area contributed by atoms with E-state index < -0.39 is 0 Å². The molecule has 25 heavy (non-hydrogen) atoms. The van der Waals surface area contributed by atoms with Crippen molar-refractivity contribution in [3.05, 3.63) is 18.2 Å². The minimum Gasteiger partial charge on any atom is -0.378 e. The van der Waals surface area contributed by atoms with Crippen molar-refractivity contribution in [3.63, 3.8) is 0 Å². The molecule has 0 unspecified atom stereocenters. The van der Waals surface area contributed by atoms with E-state index in [4.69, 9.17) is 4.74 Å². The third-order valence-corrected chi connectivity index (χ3v) is 5.79. The van der Waals surface area contributed by atoms with Gasteiger partial charge in [-0.15, -0.1) is 0 Å². The zero-order valence-electron chi connectivity index (χ0n) is 15.0. The molecule has 0 atom stereocenters. The molecular formula is C20H29N3O2. The lowest BCUT2D eigenvalue weighted by Crippen LogP contribution is -2.37. The average molecular weight is 343 g/mol. The molecule has 2 heterocycles. The first kappa shape index (κ1) is 16.7. The van der Waals surface area contributed by atoms with Crippen LogP contribution in [0.25, 0.3) is 0 Å². The number of ether oxygens (including phenoxy) is 1. The van der Waals surface area contributed by atoms with Gasteiger partial charge in [0.2, 0.25) is 5.91 Å². The summed E-state index contributed by atoms with van der Waals surface area (Å²) in [6, 6.07) is 6.58. The third-order valence-electron chi connectivity index (χ3n) is 5.79. The van der Waals surface area contributed by atoms with Crippen molar-refractivity contribution in [2.45, 2.75) is 38.5 Å². The molecule has 2 saturated heterocycles. The molecule has 136 valence electrons. The standard InChI is InChI=1S/C20H29N3O2/c24-20(16-5-1-2-6-16)21-18-15-17(22-9-3-4-10-22)7-8-19(18)23-11-13-25-14-12-23/h7-8,15-16H,1-6,9-14H2,(H,21,24). The normalized spacial score (nSPS) is 21.8. The molecule has 0 radical (unpaired) electrons. The lowest BCUT2D eigenvalue weighted by Gasteiger charge is -2.31. The topological polar surface area (TPSA) is 44.8 Å². The highest BCUT2D eigenvalue weighted by molar-refractivity contribution is 5.96. The minimum atomic E-state index is 0.188. The summed E-state index contributed by atoms with van der Waals surface area (Å²) >= 11 is 0. The van der Waals surface area contributed by atoms with E-state index in [0.717, 1.165) is 63.6 Å². The van der Waals surface area contributed by atoms with Crippen LogP contribution in [0.15, 0.2) is 18.2 Å². The van der Waals surface area contributed by atoms with Crippen molar-refractivity contribution < 1.29 is 9.53 Å². The van der Waals surface area contributed by atoms with Gasteiger partial charge in [0.25, 0.3) is 0 Å². The van der Waals surface area contributed by atoms with Crippen LogP contribution < -0.4 is 15.1 Å². The highest BCUT2D eigenvalue weighted by Gasteiger charge is 2.25. The molecule has 4 rings (SSSR count). The maximum absolute atomic E-state index is 12.7. The van der Waals surface area contributed by atoms with E-state index in [9.17, 15) is 4.79 Å². The molecule has 3 fully saturated rings. The van der Waals surface area contributed by atoms with Crippen molar-refractivity contribution in [3.8, 4) is 0 Å². The molecule has 1 saturated carbocycles. The molecule has 1 amide bonds. The summed E-state index contributed by atoms with van der Waals surface area (Å²) in [6.07, 6.45) is 6.95. The van der Waals surface area contributed by atoms with Gasteiger partial charge >= 0.3 is 0 Å². The summed E-state index contributed by atoms with van der Waals surface area (Å²) in [7, 11) is 0. The van der Waals surface area contributed by atoms with Crippen molar-refractivity contribution in [1.82, 2.24) is 0 Å². The quantitative estimate of drug-likeness (QED) is 0.911. The summed E-state index contributed by atoms with van der Waals surface area (Å²) < 4.78 is 5.49. The zero-order chi connectivity index (χ0) is 17.1. The van der Waals surface area contributed by atoms with Crippen LogP contribution in [0, 0.1) is 5.92 Å². The number of rotatable bonds is 4. The van der Waals surface area contributed by atoms with Gasteiger partial charge in [-0.1, -0.05) is 12.8 Å². The number of carbonyl (C=O) groups excluding carboxylic acids is 1. The number of nitrogens with zero attached hydrogens (tertiary/aromatic N) is 2. The van der Waals surface area contributed by atoms with Crippen molar-refractivity contribution >= 4 is 23.0 Å². The molecule has 5 heteroatoms. The number of morpholine rings is 1. The maximum Gasteiger partial charge on any atom is 0.227 e. The highest BCUT2D eigenvalue weighted by atomic mass is 16.5. The predicted molar refractivity (Wildman–Crippen MR) is 102 cm³/mol. The molecule has 3 aliphatic rings. The fourth-order valence-electron chi connectivity index (χ4n) is 4.30. The van der Waals surface area contributed by atoms with Crippen LogP contribution in [0.5, 0.6) is 0 Å². The van der Waals surface area contributed by atoms with E-state index in [1.807, 2.05) is 0 Å². The van der Waals surface area contributed by atoms with Gasteiger partial charge in [0.05, 0.1) is 24.6 Å². The van der Waals surface area contributed by atoms with Crippen LogP contribution in [-0.2, 0) is 9.53 Å². The number of anilines is 3. The largest absolute Gasteiger partial charge is 0.378 e. The first-order chi connectivity index (χ1) is 12.3. The Morgan fingerprint density at radius 3 is 2.40 bits per heavy atom. The second-order valence-electron chi connectivity index (χ2n) is 7.47. The second-order valence-corrected chi connectivity index (χ2v) is 7.47. The van der Waals surface area contributed by atoms with Crippen LogP contribution in [-0.4, -0.2) is 45.3 Å². The van der Waals surface area contributed by atoms with E-state index >= 15 is 0 Å². The van der Waals surface area contributed by atoms with Crippen LogP contribution in [0.1, 0.15) is 38.5 Å². The number of benzene rings is 1. The zero-order valence-corrected chi connectivity index (χ0v) is 15.0. The third kappa shape index (κ3) is 3.76. The van der Waals surface area contributed by atoms with E-state index in [2.05, 4.69) is 33.3 Å². The Morgan fingerprint density at radius 1 is 0.960 bits per heavy atom. The lowest BCUT2D eigenvalue weighted by atomic mass is 10.1. The van der Waals surface area contributed by atoms with Gasteiger partial charge < -0.3 is 19.9 Å². The first-order valence-corrected chi connectivity index (χ1v) is 9.84. The van der Waals surface area contributed by atoms with Crippen LogP contribution in [0.4, 0.5) is 17.1 Å². The highest BCUT2D eigenvalue weighted by Crippen LogP contribution is 2.34. The van der Waals surface area contributed by atoms with Gasteiger partial charge in [0.15, 0.2) is 0 Å². The smallest absolute Gasteiger partial charge is 0.227 e. The molecule has 1 aliphatic carbocycles.